The summed E-state index contributed by atoms with van der Waals surface area (Å²) >= 11 is 0. The van der Waals surface area contributed by atoms with Gasteiger partial charge in [0.05, 0.1) is 12.2 Å². The van der Waals surface area contributed by atoms with Crippen LogP contribution in [0.4, 0.5) is 5.69 Å². The van der Waals surface area contributed by atoms with E-state index in [0.717, 1.165) is 17.0 Å². The van der Waals surface area contributed by atoms with Gasteiger partial charge in [-0.3, -0.25) is 9.59 Å². The number of fused-ring (bicyclic) bond motifs is 1. The van der Waals surface area contributed by atoms with E-state index in [9.17, 15) is 9.59 Å². The van der Waals surface area contributed by atoms with Gasteiger partial charge in [-0.1, -0.05) is 24.3 Å². The van der Waals surface area contributed by atoms with Crippen molar-refractivity contribution < 1.29 is 14.3 Å². The fraction of sp³-hybridized carbons (Fsp3) is 0.300. The quantitative estimate of drug-likeness (QED) is 0.842. The summed E-state index contributed by atoms with van der Waals surface area (Å²) in [6.07, 6.45) is 0. The van der Waals surface area contributed by atoms with Crippen molar-refractivity contribution in [2.75, 3.05) is 24.6 Å². The van der Waals surface area contributed by atoms with Crippen LogP contribution >= 0.6 is 0 Å². The lowest BCUT2D eigenvalue weighted by atomic mass is 10.1. The Morgan fingerprint density at radius 2 is 1.76 bits per heavy atom. The van der Waals surface area contributed by atoms with Crippen LogP contribution in [0.1, 0.15) is 29.8 Å². The molecule has 0 radical (unpaired) electrons. The molecule has 0 spiro atoms. The number of benzene rings is 2. The Bertz CT molecular complexity index is 767. The van der Waals surface area contributed by atoms with Crippen LogP contribution in [0.25, 0.3) is 0 Å². The van der Waals surface area contributed by atoms with Gasteiger partial charge in [0.15, 0.2) is 6.61 Å². The van der Waals surface area contributed by atoms with Gasteiger partial charge >= 0.3 is 0 Å². The van der Waals surface area contributed by atoms with Crippen molar-refractivity contribution in [1.82, 2.24) is 4.90 Å². The SMILES string of the molecule is CCN(CC)C(=O)c1ccc(CN2C(=O)COc3ccccc32)cc1. The standard InChI is InChI=1S/C20H22N2O3/c1-3-21(4-2)20(24)16-11-9-15(10-12-16)13-22-17-7-5-6-8-18(17)25-14-19(22)23/h5-12H,3-4,13-14H2,1-2H3. The lowest BCUT2D eigenvalue weighted by Crippen LogP contribution is -2.38. The van der Waals surface area contributed by atoms with E-state index in [1.165, 1.54) is 0 Å². The molecule has 2 amide bonds. The average Bonchev–Trinajstić information content (AvgIpc) is 2.65. The molecular formula is C20H22N2O3. The van der Waals surface area contributed by atoms with Crippen molar-refractivity contribution in [2.24, 2.45) is 0 Å². The Morgan fingerprint density at radius 3 is 2.44 bits per heavy atom. The van der Waals surface area contributed by atoms with Crippen molar-refractivity contribution in [1.29, 1.82) is 0 Å². The molecule has 5 heteroatoms. The molecule has 0 bridgehead atoms. The zero-order chi connectivity index (χ0) is 17.8. The van der Waals surface area contributed by atoms with Crippen LogP contribution in [0, 0.1) is 0 Å². The Morgan fingerprint density at radius 1 is 1.08 bits per heavy atom. The van der Waals surface area contributed by atoms with E-state index in [1.807, 2.05) is 62.4 Å². The van der Waals surface area contributed by atoms with E-state index in [0.29, 0.717) is 25.2 Å². The molecule has 130 valence electrons. The monoisotopic (exact) mass is 338 g/mol. The molecule has 0 aromatic heterocycles. The molecule has 1 heterocycles. The lowest BCUT2D eigenvalue weighted by molar-refractivity contribution is -0.121. The molecule has 25 heavy (non-hydrogen) atoms. The van der Waals surface area contributed by atoms with E-state index in [-0.39, 0.29) is 18.4 Å². The minimum absolute atomic E-state index is 0.0318. The van der Waals surface area contributed by atoms with Crippen molar-refractivity contribution in [3.63, 3.8) is 0 Å². The van der Waals surface area contributed by atoms with Crippen LogP contribution in [0.3, 0.4) is 0 Å². The third-order valence-electron chi connectivity index (χ3n) is 4.40. The van der Waals surface area contributed by atoms with Gasteiger partial charge < -0.3 is 14.5 Å². The van der Waals surface area contributed by atoms with Crippen molar-refractivity contribution in [3.8, 4) is 5.75 Å². The number of hydrogen-bond donors (Lipinski definition) is 0. The van der Waals surface area contributed by atoms with E-state index in [1.54, 1.807) is 9.80 Å². The van der Waals surface area contributed by atoms with Gasteiger partial charge in [0.2, 0.25) is 0 Å². The number of amides is 2. The first-order chi connectivity index (χ1) is 12.1. The highest BCUT2D eigenvalue weighted by Crippen LogP contribution is 2.32. The molecule has 1 aliphatic rings. The Labute approximate surface area is 147 Å². The van der Waals surface area contributed by atoms with Gasteiger partial charge in [-0.2, -0.15) is 0 Å². The Hall–Kier alpha value is -2.82. The van der Waals surface area contributed by atoms with Gasteiger partial charge in [0.1, 0.15) is 5.75 Å². The van der Waals surface area contributed by atoms with E-state index in [4.69, 9.17) is 4.74 Å². The van der Waals surface area contributed by atoms with Crippen molar-refractivity contribution >= 4 is 17.5 Å². The highest BCUT2D eigenvalue weighted by atomic mass is 16.5. The fourth-order valence-corrected chi connectivity index (χ4v) is 2.96. The molecule has 3 rings (SSSR count). The van der Waals surface area contributed by atoms with E-state index in [2.05, 4.69) is 0 Å². The number of rotatable bonds is 5. The largest absolute Gasteiger partial charge is 0.482 e. The molecule has 5 nitrogen and oxygen atoms in total. The van der Waals surface area contributed by atoms with Crippen LogP contribution < -0.4 is 9.64 Å². The second-order valence-electron chi connectivity index (χ2n) is 5.91. The molecule has 0 N–H and O–H groups in total. The minimum atomic E-state index is -0.0676. The average molecular weight is 338 g/mol. The number of nitrogens with zero attached hydrogens (tertiary/aromatic N) is 2. The van der Waals surface area contributed by atoms with E-state index >= 15 is 0 Å². The van der Waals surface area contributed by atoms with Gasteiger partial charge in [-0.25, -0.2) is 0 Å². The Kier molecular flexibility index (Phi) is 5.03. The summed E-state index contributed by atoms with van der Waals surface area (Å²) in [4.78, 5) is 28.1. The number of anilines is 1. The highest BCUT2D eigenvalue weighted by Gasteiger charge is 2.25. The van der Waals surface area contributed by atoms with Crippen LogP contribution in [0.5, 0.6) is 5.75 Å². The minimum Gasteiger partial charge on any atom is -0.482 e. The summed E-state index contributed by atoms with van der Waals surface area (Å²) in [6.45, 7) is 5.83. The Balaban J connectivity index is 1.78. The van der Waals surface area contributed by atoms with E-state index < -0.39 is 0 Å². The third kappa shape index (κ3) is 3.50. The molecule has 2 aromatic rings. The summed E-state index contributed by atoms with van der Waals surface area (Å²) in [5.74, 6) is 0.682. The summed E-state index contributed by atoms with van der Waals surface area (Å²) in [7, 11) is 0. The zero-order valence-electron chi connectivity index (χ0n) is 14.6. The summed E-state index contributed by atoms with van der Waals surface area (Å²) in [6, 6.07) is 15.0. The molecule has 0 unspecified atom stereocenters. The second-order valence-corrected chi connectivity index (χ2v) is 5.91. The summed E-state index contributed by atoms with van der Waals surface area (Å²) in [5, 5.41) is 0. The maximum absolute atomic E-state index is 12.4. The zero-order valence-corrected chi connectivity index (χ0v) is 14.6. The molecule has 0 saturated carbocycles. The smallest absolute Gasteiger partial charge is 0.265 e. The highest BCUT2D eigenvalue weighted by molar-refractivity contribution is 5.98. The first kappa shape index (κ1) is 17.0. The lowest BCUT2D eigenvalue weighted by Gasteiger charge is -2.29. The molecule has 1 aliphatic heterocycles. The van der Waals surface area contributed by atoms with Crippen molar-refractivity contribution in [3.05, 3.63) is 59.7 Å². The normalized spacial score (nSPS) is 13.2. The predicted molar refractivity (Wildman–Crippen MR) is 96.8 cm³/mol. The van der Waals surface area contributed by atoms with Crippen LogP contribution in [-0.4, -0.2) is 36.4 Å². The fourth-order valence-electron chi connectivity index (χ4n) is 2.96. The number of carbonyl (C=O) groups excluding carboxylic acids is 2. The molecule has 0 saturated heterocycles. The topological polar surface area (TPSA) is 49.9 Å². The number of carbonyl (C=O) groups is 2. The van der Waals surface area contributed by atoms with Gasteiger partial charge in [-0.15, -0.1) is 0 Å². The number of para-hydroxylation sites is 2. The second kappa shape index (κ2) is 7.38. The maximum Gasteiger partial charge on any atom is 0.265 e. The van der Waals surface area contributed by atoms with Gasteiger partial charge in [0.25, 0.3) is 11.8 Å². The molecule has 0 aliphatic carbocycles. The molecule has 2 aromatic carbocycles. The van der Waals surface area contributed by atoms with Crippen molar-refractivity contribution in [2.45, 2.75) is 20.4 Å². The first-order valence-corrected chi connectivity index (χ1v) is 8.54. The number of hydrogen-bond acceptors (Lipinski definition) is 3. The molecular weight excluding hydrogens is 316 g/mol. The molecule has 0 fully saturated rings. The van der Waals surface area contributed by atoms with Crippen LogP contribution in [0.15, 0.2) is 48.5 Å². The molecule has 0 atom stereocenters. The number of ether oxygens (including phenoxy) is 1. The first-order valence-electron chi connectivity index (χ1n) is 8.54. The summed E-state index contributed by atoms with van der Waals surface area (Å²) < 4.78 is 5.46. The third-order valence-corrected chi connectivity index (χ3v) is 4.40. The van der Waals surface area contributed by atoms with Gasteiger partial charge in [0, 0.05) is 18.7 Å². The van der Waals surface area contributed by atoms with Crippen LogP contribution in [0.2, 0.25) is 0 Å². The van der Waals surface area contributed by atoms with Crippen LogP contribution in [-0.2, 0) is 11.3 Å². The predicted octanol–water partition coefficient (Wildman–Crippen LogP) is 3.09. The summed E-state index contributed by atoms with van der Waals surface area (Å²) in [5.41, 5.74) is 2.42. The van der Waals surface area contributed by atoms with Gasteiger partial charge in [-0.05, 0) is 43.7 Å². The maximum atomic E-state index is 12.4.